The number of benzene rings is 2. The van der Waals surface area contributed by atoms with E-state index in [9.17, 15) is 4.79 Å². The van der Waals surface area contributed by atoms with Gasteiger partial charge in [0.15, 0.2) is 0 Å². The van der Waals surface area contributed by atoms with Gasteiger partial charge in [0.25, 0.3) is 0 Å². The molecule has 3 rings (SSSR count). The number of hydrogen-bond acceptors (Lipinski definition) is 1. The van der Waals surface area contributed by atoms with Gasteiger partial charge in [0, 0.05) is 13.1 Å². The number of hydrogen-bond donors (Lipinski definition) is 0. The lowest BCUT2D eigenvalue weighted by Gasteiger charge is -2.32. The van der Waals surface area contributed by atoms with Crippen LogP contribution in [0.2, 0.25) is 0 Å². The summed E-state index contributed by atoms with van der Waals surface area (Å²) in [4.78, 5) is 14.5. The van der Waals surface area contributed by atoms with Crippen LogP contribution in [-0.4, -0.2) is 23.9 Å². The Morgan fingerprint density at radius 1 is 1.00 bits per heavy atom. The van der Waals surface area contributed by atoms with Crippen LogP contribution in [0, 0.1) is 12.8 Å². The molecular weight excluding hydrogens is 282 g/mol. The molecule has 0 atom stereocenters. The van der Waals surface area contributed by atoms with Gasteiger partial charge in [0.05, 0.1) is 6.42 Å². The van der Waals surface area contributed by atoms with Crippen LogP contribution < -0.4 is 0 Å². The van der Waals surface area contributed by atoms with E-state index >= 15 is 0 Å². The highest BCUT2D eigenvalue weighted by atomic mass is 16.2. The lowest BCUT2D eigenvalue weighted by Crippen LogP contribution is -2.39. The predicted molar refractivity (Wildman–Crippen MR) is 94.3 cm³/mol. The smallest absolute Gasteiger partial charge is 0.226 e. The fourth-order valence-corrected chi connectivity index (χ4v) is 3.44. The Balaban J connectivity index is 1.49. The summed E-state index contributed by atoms with van der Waals surface area (Å²) in [5, 5.41) is 0. The summed E-state index contributed by atoms with van der Waals surface area (Å²) in [6.07, 6.45) is 3.91. The first-order chi connectivity index (χ1) is 11.2. The monoisotopic (exact) mass is 307 g/mol. The SMILES string of the molecule is Cc1cccc(CC(=O)N2CCC(Cc3ccccc3)CC2)c1. The van der Waals surface area contributed by atoms with Crippen molar-refractivity contribution in [2.45, 2.75) is 32.6 Å². The van der Waals surface area contributed by atoms with E-state index in [4.69, 9.17) is 0 Å². The number of carbonyl (C=O) groups excluding carboxylic acids is 1. The summed E-state index contributed by atoms with van der Waals surface area (Å²) in [6, 6.07) is 19.0. The van der Waals surface area contributed by atoms with Gasteiger partial charge in [-0.15, -0.1) is 0 Å². The highest BCUT2D eigenvalue weighted by molar-refractivity contribution is 5.78. The standard InChI is InChI=1S/C21H25NO/c1-17-6-5-9-20(14-17)16-21(23)22-12-10-19(11-13-22)15-18-7-3-2-4-8-18/h2-9,14,19H,10-13,15-16H2,1H3. The molecule has 0 bridgehead atoms. The molecule has 1 aliphatic heterocycles. The largest absolute Gasteiger partial charge is 0.342 e. The highest BCUT2D eigenvalue weighted by Crippen LogP contribution is 2.22. The Labute approximate surface area is 139 Å². The molecule has 1 saturated heterocycles. The maximum atomic E-state index is 12.5. The molecule has 1 aliphatic rings. The van der Waals surface area contributed by atoms with Crippen molar-refractivity contribution in [2.24, 2.45) is 5.92 Å². The van der Waals surface area contributed by atoms with Gasteiger partial charge in [-0.2, -0.15) is 0 Å². The lowest BCUT2D eigenvalue weighted by atomic mass is 9.90. The van der Waals surface area contributed by atoms with Crippen LogP contribution in [0.5, 0.6) is 0 Å². The Morgan fingerprint density at radius 3 is 2.39 bits per heavy atom. The minimum absolute atomic E-state index is 0.272. The number of amides is 1. The minimum Gasteiger partial charge on any atom is -0.342 e. The quantitative estimate of drug-likeness (QED) is 0.835. The Hall–Kier alpha value is -2.09. The van der Waals surface area contributed by atoms with Gasteiger partial charge in [-0.1, -0.05) is 60.2 Å². The fourth-order valence-electron chi connectivity index (χ4n) is 3.44. The molecule has 0 spiro atoms. The molecule has 0 aromatic heterocycles. The first-order valence-electron chi connectivity index (χ1n) is 8.58. The molecule has 1 fully saturated rings. The fraction of sp³-hybridized carbons (Fsp3) is 0.381. The number of carbonyl (C=O) groups is 1. The number of rotatable bonds is 4. The zero-order valence-corrected chi connectivity index (χ0v) is 13.9. The van der Waals surface area contributed by atoms with Crippen molar-refractivity contribution >= 4 is 5.91 Å². The van der Waals surface area contributed by atoms with E-state index in [0.717, 1.165) is 37.9 Å². The average Bonchev–Trinajstić information content (AvgIpc) is 2.56. The van der Waals surface area contributed by atoms with Gasteiger partial charge in [-0.05, 0) is 43.2 Å². The second-order valence-corrected chi connectivity index (χ2v) is 6.68. The second kappa shape index (κ2) is 7.45. The first-order valence-corrected chi connectivity index (χ1v) is 8.58. The Morgan fingerprint density at radius 2 is 1.70 bits per heavy atom. The molecule has 2 heteroatoms. The predicted octanol–water partition coefficient (Wildman–Crippen LogP) is 4.02. The molecule has 23 heavy (non-hydrogen) atoms. The third-order valence-corrected chi connectivity index (χ3v) is 4.77. The van der Waals surface area contributed by atoms with Crippen molar-refractivity contribution in [1.82, 2.24) is 4.90 Å². The van der Waals surface area contributed by atoms with Crippen LogP contribution in [0.15, 0.2) is 54.6 Å². The summed E-state index contributed by atoms with van der Waals surface area (Å²) < 4.78 is 0. The minimum atomic E-state index is 0.272. The van der Waals surface area contributed by atoms with Crippen LogP contribution in [-0.2, 0) is 17.6 Å². The summed E-state index contributed by atoms with van der Waals surface area (Å²) >= 11 is 0. The molecule has 2 aromatic carbocycles. The van der Waals surface area contributed by atoms with Crippen molar-refractivity contribution < 1.29 is 4.79 Å². The van der Waals surface area contributed by atoms with E-state index in [1.54, 1.807) is 0 Å². The molecule has 0 radical (unpaired) electrons. The molecule has 1 heterocycles. The van der Waals surface area contributed by atoms with Crippen molar-refractivity contribution in [3.8, 4) is 0 Å². The van der Waals surface area contributed by atoms with E-state index < -0.39 is 0 Å². The van der Waals surface area contributed by atoms with Gasteiger partial charge in [0.1, 0.15) is 0 Å². The van der Waals surface area contributed by atoms with E-state index in [2.05, 4.69) is 49.4 Å². The van der Waals surface area contributed by atoms with Gasteiger partial charge >= 0.3 is 0 Å². The summed E-state index contributed by atoms with van der Waals surface area (Å²) in [5.41, 5.74) is 3.76. The van der Waals surface area contributed by atoms with Crippen LogP contribution >= 0.6 is 0 Å². The Bertz CT molecular complexity index is 642. The first kappa shape index (κ1) is 15.8. The van der Waals surface area contributed by atoms with Gasteiger partial charge in [0.2, 0.25) is 5.91 Å². The van der Waals surface area contributed by atoms with Crippen LogP contribution in [0.1, 0.15) is 29.5 Å². The second-order valence-electron chi connectivity index (χ2n) is 6.68. The number of nitrogens with zero attached hydrogens (tertiary/aromatic N) is 1. The molecule has 0 saturated carbocycles. The molecule has 0 aliphatic carbocycles. The molecule has 2 aromatic rings. The average molecular weight is 307 g/mol. The zero-order valence-electron chi connectivity index (χ0n) is 13.9. The molecule has 120 valence electrons. The summed E-state index contributed by atoms with van der Waals surface area (Å²) in [5.74, 6) is 0.981. The third kappa shape index (κ3) is 4.44. The molecule has 0 unspecified atom stereocenters. The maximum absolute atomic E-state index is 12.5. The molecular formula is C21H25NO. The topological polar surface area (TPSA) is 20.3 Å². The number of piperidine rings is 1. The van der Waals surface area contributed by atoms with Crippen molar-refractivity contribution in [1.29, 1.82) is 0 Å². The van der Waals surface area contributed by atoms with Crippen LogP contribution in [0.25, 0.3) is 0 Å². The van der Waals surface area contributed by atoms with Gasteiger partial charge in [-0.25, -0.2) is 0 Å². The lowest BCUT2D eigenvalue weighted by molar-refractivity contribution is -0.131. The van der Waals surface area contributed by atoms with E-state index in [-0.39, 0.29) is 5.91 Å². The number of aryl methyl sites for hydroxylation is 1. The van der Waals surface area contributed by atoms with Crippen LogP contribution in [0.4, 0.5) is 0 Å². The van der Waals surface area contributed by atoms with Crippen molar-refractivity contribution in [3.63, 3.8) is 0 Å². The summed E-state index contributed by atoms with van der Waals surface area (Å²) in [6.45, 7) is 3.88. The molecule has 1 amide bonds. The van der Waals surface area contributed by atoms with Gasteiger partial charge < -0.3 is 4.90 Å². The normalized spacial score (nSPS) is 15.6. The van der Waals surface area contributed by atoms with Crippen molar-refractivity contribution in [3.05, 3.63) is 71.3 Å². The third-order valence-electron chi connectivity index (χ3n) is 4.77. The van der Waals surface area contributed by atoms with E-state index in [0.29, 0.717) is 12.3 Å². The molecule has 0 N–H and O–H groups in total. The van der Waals surface area contributed by atoms with Crippen LogP contribution in [0.3, 0.4) is 0 Å². The van der Waals surface area contributed by atoms with E-state index in [1.165, 1.54) is 11.1 Å². The zero-order chi connectivity index (χ0) is 16.1. The van der Waals surface area contributed by atoms with Gasteiger partial charge in [-0.3, -0.25) is 4.79 Å². The van der Waals surface area contributed by atoms with E-state index in [1.807, 2.05) is 17.0 Å². The Kier molecular flexibility index (Phi) is 5.12. The van der Waals surface area contributed by atoms with Crippen molar-refractivity contribution in [2.75, 3.05) is 13.1 Å². The summed E-state index contributed by atoms with van der Waals surface area (Å²) in [7, 11) is 0. The maximum Gasteiger partial charge on any atom is 0.226 e. The number of likely N-dealkylation sites (tertiary alicyclic amines) is 1. The highest BCUT2D eigenvalue weighted by Gasteiger charge is 2.22. The molecule has 2 nitrogen and oxygen atoms in total.